The molecular formula is C33H26F3N3. The summed E-state index contributed by atoms with van der Waals surface area (Å²) in [6.07, 6.45) is -0.294. The van der Waals surface area contributed by atoms with Crippen molar-refractivity contribution in [2.45, 2.75) is 19.1 Å². The number of anilines is 1. The maximum atomic E-state index is 13.9. The standard InChI is InChI=1S/C33H26F3N3/c1-39-17-16-23-10-5-12-25(32(23)39)20-37-27-13-6-11-24(19-27)30-26(18-22-8-3-2-4-9-22)21-38-31-28(30)14-7-15-29(31)33(34,35)36/h2-17,19,21,37H,18,20H2,1H3. The number of aromatic nitrogens is 2. The van der Waals surface area contributed by atoms with Gasteiger partial charge in [-0.3, -0.25) is 4.98 Å². The molecule has 0 unspecified atom stereocenters. The Kier molecular flexibility index (Phi) is 6.31. The van der Waals surface area contributed by atoms with E-state index >= 15 is 0 Å². The molecule has 2 heterocycles. The highest BCUT2D eigenvalue weighted by Gasteiger charge is 2.33. The summed E-state index contributed by atoms with van der Waals surface area (Å²) < 4.78 is 43.8. The molecule has 0 atom stereocenters. The van der Waals surface area contributed by atoms with E-state index in [-0.39, 0.29) is 5.52 Å². The summed E-state index contributed by atoms with van der Waals surface area (Å²) in [4.78, 5) is 4.32. The number of fused-ring (bicyclic) bond motifs is 2. The summed E-state index contributed by atoms with van der Waals surface area (Å²) in [6.45, 7) is 0.616. The number of nitrogens with one attached hydrogen (secondary N) is 1. The fourth-order valence-corrected chi connectivity index (χ4v) is 5.35. The minimum absolute atomic E-state index is 0.0365. The number of pyridine rings is 1. The minimum Gasteiger partial charge on any atom is -0.381 e. The molecule has 0 aliphatic heterocycles. The normalized spacial score (nSPS) is 11.8. The third-order valence-electron chi connectivity index (χ3n) is 7.13. The lowest BCUT2D eigenvalue weighted by Gasteiger charge is -2.17. The molecule has 2 aromatic heterocycles. The number of benzene rings is 4. The lowest BCUT2D eigenvalue weighted by Crippen LogP contribution is -2.07. The first-order valence-corrected chi connectivity index (χ1v) is 12.8. The Morgan fingerprint density at radius 1 is 0.821 bits per heavy atom. The predicted molar refractivity (Wildman–Crippen MR) is 152 cm³/mol. The van der Waals surface area contributed by atoms with Crippen molar-refractivity contribution in [1.29, 1.82) is 0 Å². The van der Waals surface area contributed by atoms with Crippen LogP contribution in [-0.2, 0) is 26.2 Å². The third kappa shape index (κ3) is 4.86. The van der Waals surface area contributed by atoms with Gasteiger partial charge in [-0.2, -0.15) is 13.2 Å². The lowest BCUT2D eigenvalue weighted by molar-refractivity contribution is -0.136. The van der Waals surface area contributed by atoms with Crippen LogP contribution in [0, 0.1) is 0 Å². The minimum atomic E-state index is -4.49. The lowest BCUT2D eigenvalue weighted by atomic mass is 9.91. The quantitative estimate of drug-likeness (QED) is 0.238. The molecule has 39 heavy (non-hydrogen) atoms. The van der Waals surface area contributed by atoms with Crippen LogP contribution in [0.25, 0.3) is 32.9 Å². The van der Waals surface area contributed by atoms with Gasteiger partial charge in [0.05, 0.1) is 16.6 Å². The number of rotatable bonds is 6. The van der Waals surface area contributed by atoms with Crippen molar-refractivity contribution < 1.29 is 13.2 Å². The molecule has 0 saturated heterocycles. The van der Waals surface area contributed by atoms with Crippen molar-refractivity contribution in [3.63, 3.8) is 0 Å². The third-order valence-corrected chi connectivity index (χ3v) is 7.13. The summed E-state index contributed by atoms with van der Waals surface area (Å²) in [5.41, 5.74) is 6.02. The molecule has 0 radical (unpaired) electrons. The van der Waals surface area contributed by atoms with E-state index in [1.54, 1.807) is 12.3 Å². The van der Waals surface area contributed by atoms with Crippen molar-refractivity contribution in [3.05, 3.63) is 132 Å². The molecule has 194 valence electrons. The van der Waals surface area contributed by atoms with E-state index in [2.05, 4.69) is 33.1 Å². The zero-order valence-electron chi connectivity index (χ0n) is 21.3. The number of halogens is 3. The molecule has 6 heteroatoms. The van der Waals surface area contributed by atoms with Crippen LogP contribution in [0.2, 0.25) is 0 Å². The van der Waals surface area contributed by atoms with Gasteiger partial charge in [-0.25, -0.2) is 0 Å². The van der Waals surface area contributed by atoms with Gasteiger partial charge in [0.2, 0.25) is 0 Å². The van der Waals surface area contributed by atoms with Crippen LogP contribution in [0.4, 0.5) is 18.9 Å². The number of alkyl halides is 3. The molecule has 0 amide bonds. The van der Waals surface area contributed by atoms with Gasteiger partial charge >= 0.3 is 6.18 Å². The molecule has 0 spiro atoms. The molecule has 0 aliphatic rings. The van der Waals surface area contributed by atoms with Crippen molar-refractivity contribution >= 4 is 27.5 Å². The molecule has 3 nitrogen and oxygen atoms in total. The molecule has 0 fully saturated rings. The molecular weight excluding hydrogens is 495 g/mol. The summed E-state index contributed by atoms with van der Waals surface area (Å²) >= 11 is 0. The number of aryl methyl sites for hydroxylation is 1. The van der Waals surface area contributed by atoms with Crippen molar-refractivity contribution in [2.24, 2.45) is 7.05 Å². The van der Waals surface area contributed by atoms with Crippen molar-refractivity contribution in [3.8, 4) is 11.1 Å². The van der Waals surface area contributed by atoms with Gasteiger partial charge in [-0.1, -0.05) is 72.8 Å². The first-order valence-electron chi connectivity index (χ1n) is 12.8. The highest BCUT2D eigenvalue weighted by atomic mass is 19.4. The molecule has 6 rings (SSSR count). The van der Waals surface area contributed by atoms with Crippen LogP contribution in [0.5, 0.6) is 0 Å². The smallest absolute Gasteiger partial charge is 0.381 e. The average Bonchev–Trinajstić information content (AvgIpc) is 3.33. The van der Waals surface area contributed by atoms with E-state index in [1.165, 1.54) is 22.5 Å². The Morgan fingerprint density at radius 2 is 1.62 bits per heavy atom. The van der Waals surface area contributed by atoms with E-state index in [1.807, 2.05) is 73.9 Å². The second-order valence-corrected chi connectivity index (χ2v) is 9.74. The van der Waals surface area contributed by atoms with Crippen LogP contribution in [0.1, 0.15) is 22.3 Å². The second kappa shape index (κ2) is 9.95. The monoisotopic (exact) mass is 521 g/mol. The van der Waals surface area contributed by atoms with Crippen LogP contribution in [0.15, 0.2) is 109 Å². The maximum absolute atomic E-state index is 13.9. The van der Waals surface area contributed by atoms with Crippen LogP contribution < -0.4 is 5.32 Å². The van der Waals surface area contributed by atoms with Gasteiger partial charge in [0.1, 0.15) is 0 Å². The SMILES string of the molecule is Cn1ccc2cccc(CNc3cccc(-c4c(Cc5ccccc5)cnc5c(C(F)(F)F)cccc45)c3)c21. The number of nitrogens with zero attached hydrogens (tertiary/aromatic N) is 2. The average molecular weight is 522 g/mol. The van der Waals surface area contributed by atoms with Gasteiger partial charge in [0, 0.05) is 37.1 Å². The van der Waals surface area contributed by atoms with Gasteiger partial charge in [0.25, 0.3) is 0 Å². The number of hydrogen-bond donors (Lipinski definition) is 1. The van der Waals surface area contributed by atoms with E-state index in [9.17, 15) is 13.2 Å². The van der Waals surface area contributed by atoms with E-state index in [0.717, 1.165) is 34.0 Å². The Bertz CT molecular complexity index is 1790. The predicted octanol–water partition coefficient (Wildman–Crippen LogP) is 8.62. The molecule has 0 aliphatic carbocycles. The Balaban J connectivity index is 1.44. The summed E-state index contributed by atoms with van der Waals surface area (Å²) in [7, 11) is 2.03. The Hall–Kier alpha value is -4.58. The van der Waals surface area contributed by atoms with Crippen molar-refractivity contribution in [2.75, 3.05) is 5.32 Å². The van der Waals surface area contributed by atoms with Crippen LogP contribution in [-0.4, -0.2) is 9.55 Å². The van der Waals surface area contributed by atoms with E-state index in [4.69, 9.17) is 0 Å². The zero-order chi connectivity index (χ0) is 27.0. The van der Waals surface area contributed by atoms with Crippen molar-refractivity contribution in [1.82, 2.24) is 9.55 Å². The van der Waals surface area contributed by atoms with Crippen LogP contribution >= 0.6 is 0 Å². The topological polar surface area (TPSA) is 29.9 Å². The fraction of sp³-hybridized carbons (Fsp3) is 0.121. The van der Waals surface area contributed by atoms with Gasteiger partial charge in [-0.15, -0.1) is 0 Å². The zero-order valence-corrected chi connectivity index (χ0v) is 21.3. The second-order valence-electron chi connectivity index (χ2n) is 9.74. The maximum Gasteiger partial charge on any atom is 0.418 e. The van der Waals surface area contributed by atoms with Gasteiger partial charge < -0.3 is 9.88 Å². The Morgan fingerprint density at radius 3 is 2.44 bits per heavy atom. The molecule has 0 saturated carbocycles. The molecule has 6 aromatic rings. The van der Waals surface area contributed by atoms with Gasteiger partial charge in [0.15, 0.2) is 0 Å². The largest absolute Gasteiger partial charge is 0.418 e. The first-order chi connectivity index (χ1) is 18.9. The highest BCUT2D eigenvalue weighted by Crippen LogP contribution is 2.39. The summed E-state index contributed by atoms with van der Waals surface area (Å²) in [5.74, 6) is 0. The van der Waals surface area contributed by atoms with E-state index in [0.29, 0.717) is 18.4 Å². The fourth-order valence-electron chi connectivity index (χ4n) is 5.35. The number of hydrogen-bond acceptors (Lipinski definition) is 2. The number of para-hydroxylation sites is 2. The van der Waals surface area contributed by atoms with E-state index < -0.39 is 11.7 Å². The van der Waals surface area contributed by atoms with Gasteiger partial charge in [-0.05, 0) is 63.9 Å². The van der Waals surface area contributed by atoms with Crippen LogP contribution in [0.3, 0.4) is 0 Å². The molecule has 1 N–H and O–H groups in total. The highest BCUT2D eigenvalue weighted by molar-refractivity contribution is 5.98. The summed E-state index contributed by atoms with van der Waals surface area (Å²) in [5, 5.41) is 5.19. The Labute approximate surface area is 224 Å². The first kappa shape index (κ1) is 24.7. The summed E-state index contributed by atoms with van der Waals surface area (Å²) in [6, 6.07) is 30.4. The molecule has 4 aromatic carbocycles. The molecule has 0 bridgehead atoms.